The topological polar surface area (TPSA) is 85.1 Å². The lowest BCUT2D eigenvalue weighted by Gasteiger charge is -2.01. The number of carbonyl (C=O) groups is 1. The van der Waals surface area contributed by atoms with E-state index in [1.54, 1.807) is 0 Å². The summed E-state index contributed by atoms with van der Waals surface area (Å²) >= 11 is 1.40. The molecule has 3 aromatic rings. The Kier molecular flexibility index (Phi) is 5.77. The van der Waals surface area contributed by atoms with Crippen molar-refractivity contribution in [2.45, 2.75) is 15.6 Å². The van der Waals surface area contributed by atoms with E-state index in [9.17, 15) is 23.7 Å². The summed E-state index contributed by atoms with van der Waals surface area (Å²) in [4.78, 5) is 26.3. The number of nitrogens with zero attached hydrogens (tertiary/aromatic N) is 2. The van der Waals surface area contributed by atoms with Crippen LogP contribution in [0.2, 0.25) is 0 Å². The molecule has 0 fully saturated rings. The Morgan fingerprint density at radius 2 is 1.93 bits per heavy atom. The van der Waals surface area contributed by atoms with Gasteiger partial charge in [0.05, 0.1) is 4.90 Å². The van der Waals surface area contributed by atoms with E-state index in [4.69, 9.17) is 0 Å². The molecule has 0 bridgehead atoms. The smallest absolute Gasteiger partial charge is 0.358 e. The van der Waals surface area contributed by atoms with Crippen LogP contribution in [0.15, 0.2) is 57.6 Å². The van der Waals surface area contributed by atoms with E-state index in [0.717, 1.165) is 23.0 Å². The van der Waals surface area contributed by atoms with Crippen molar-refractivity contribution in [1.82, 2.24) is 10.3 Å². The number of rotatable bonds is 6. The second kappa shape index (κ2) is 8.23. The first-order chi connectivity index (χ1) is 13.0. The molecule has 0 saturated heterocycles. The summed E-state index contributed by atoms with van der Waals surface area (Å²) in [7, 11) is 0. The Morgan fingerprint density at radius 3 is 2.63 bits per heavy atom. The van der Waals surface area contributed by atoms with Crippen LogP contribution in [0.25, 0.3) is 0 Å². The predicted octanol–water partition coefficient (Wildman–Crippen LogP) is 4.41. The average molecular weight is 407 g/mol. The molecular weight excluding hydrogens is 396 g/mol. The number of halogens is 2. The largest absolute Gasteiger partial charge is 0.389 e. The van der Waals surface area contributed by atoms with Crippen LogP contribution in [0.1, 0.15) is 15.4 Å². The van der Waals surface area contributed by atoms with Crippen LogP contribution < -0.4 is 5.32 Å². The average Bonchev–Trinajstić information content (AvgIpc) is 3.09. The van der Waals surface area contributed by atoms with Crippen LogP contribution >= 0.6 is 23.1 Å². The maximum atomic E-state index is 13.8. The summed E-state index contributed by atoms with van der Waals surface area (Å²) in [6.45, 7) is 0.230. The summed E-state index contributed by atoms with van der Waals surface area (Å²) in [5.74, 6) is -3.33. The molecule has 138 valence electrons. The van der Waals surface area contributed by atoms with Crippen molar-refractivity contribution in [3.8, 4) is 0 Å². The van der Waals surface area contributed by atoms with Gasteiger partial charge in [0.1, 0.15) is 0 Å². The summed E-state index contributed by atoms with van der Waals surface area (Å²) in [6, 6.07) is 12.6. The minimum atomic E-state index is -1.11. The molecule has 1 amide bonds. The van der Waals surface area contributed by atoms with Gasteiger partial charge in [0.25, 0.3) is 5.01 Å². The highest BCUT2D eigenvalue weighted by atomic mass is 32.2. The van der Waals surface area contributed by atoms with Crippen molar-refractivity contribution >= 4 is 34.8 Å². The zero-order valence-electron chi connectivity index (χ0n) is 13.5. The van der Waals surface area contributed by atoms with E-state index in [2.05, 4.69) is 10.3 Å². The van der Waals surface area contributed by atoms with Crippen molar-refractivity contribution < 1.29 is 18.5 Å². The quantitative estimate of drug-likeness (QED) is 0.483. The predicted molar refractivity (Wildman–Crippen MR) is 96.9 cm³/mol. The van der Waals surface area contributed by atoms with Gasteiger partial charge in [-0.2, -0.15) is 0 Å². The van der Waals surface area contributed by atoms with Gasteiger partial charge in [-0.3, -0.25) is 4.79 Å². The normalized spacial score (nSPS) is 10.6. The Labute approximate surface area is 160 Å². The Hall–Kier alpha value is -2.85. The number of thiazole rings is 1. The molecule has 1 aromatic heterocycles. The molecule has 10 heteroatoms. The fourth-order valence-electron chi connectivity index (χ4n) is 2.09. The monoisotopic (exact) mass is 407 g/mol. The van der Waals surface area contributed by atoms with Gasteiger partial charge in [0.2, 0.25) is 0 Å². The molecule has 3 rings (SSSR count). The van der Waals surface area contributed by atoms with Crippen molar-refractivity contribution in [3.63, 3.8) is 0 Å². The third-order valence-electron chi connectivity index (χ3n) is 3.36. The van der Waals surface area contributed by atoms with Crippen LogP contribution in [0.4, 0.5) is 14.6 Å². The fourth-order valence-corrected chi connectivity index (χ4v) is 4.20. The summed E-state index contributed by atoms with van der Waals surface area (Å²) in [5, 5.41) is 13.7. The van der Waals surface area contributed by atoms with Gasteiger partial charge >= 0.3 is 11.7 Å². The number of benzene rings is 2. The Balaban J connectivity index is 1.81. The van der Waals surface area contributed by atoms with Gasteiger partial charge in [-0.1, -0.05) is 59.5 Å². The van der Waals surface area contributed by atoms with Gasteiger partial charge in [-0.25, -0.2) is 8.78 Å². The molecule has 0 aliphatic rings. The molecule has 0 atom stereocenters. The zero-order chi connectivity index (χ0) is 19.4. The highest BCUT2D eigenvalue weighted by Gasteiger charge is 2.28. The molecular formula is C17H11F2N3O3S2. The SMILES string of the molecule is O=C(NCc1ccccc1)c1nc([N+](=O)[O-])c(Sc2cccc(F)c2F)s1. The molecule has 0 aliphatic carbocycles. The molecule has 0 unspecified atom stereocenters. The number of nitro groups is 1. The van der Waals surface area contributed by atoms with Crippen LogP contribution in [0.3, 0.4) is 0 Å². The summed E-state index contributed by atoms with van der Waals surface area (Å²) < 4.78 is 27.2. The standard InChI is InChI=1S/C17H11F2N3O3S2/c18-11-7-4-8-12(13(11)19)26-17-14(22(24)25)21-16(27-17)15(23)20-9-10-5-2-1-3-6-10/h1-8H,9H2,(H,20,23). The minimum Gasteiger partial charge on any atom is -0.358 e. The van der Waals surface area contributed by atoms with E-state index in [1.807, 2.05) is 30.3 Å². The Bertz CT molecular complexity index is 996. The van der Waals surface area contributed by atoms with E-state index in [1.165, 1.54) is 12.1 Å². The molecule has 0 spiro atoms. The van der Waals surface area contributed by atoms with Crippen LogP contribution in [-0.2, 0) is 6.54 Å². The summed E-state index contributed by atoms with van der Waals surface area (Å²) in [5.41, 5.74) is 0.855. The van der Waals surface area contributed by atoms with Crippen LogP contribution in [0.5, 0.6) is 0 Å². The number of hydrogen-bond acceptors (Lipinski definition) is 6. The third kappa shape index (κ3) is 4.47. The van der Waals surface area contributed by atoms with E-state index in [0.29, 0.717) is 11.8 Å². The number of carbonyl (C=O) groups excluding carboxylic acids is 1. The lowest BCUT2D eigenvalue weighted by atomic mass is 10.2. The highest BCUT2D eigenvalue weighted by molar-refractivity contribution is 8.01. The fraction of sp³-hybridized carbons (Fsp3) is 0.0588. The van der Waals surface area contributed by atoms with Crippen LogP contribution in [-0.4, -0.2) is 15.8 Å². The van der Waals surface area contributed by atoms with Gasteiger partial charge in [0.15, 0.2) is 15.8 Å². The van der Waals surface area contributed by atoms with E-state index in [-0.39, 0.29) is 20.7 Å². The summed E-state index contributed by atoms with van der Waals surface area (Å²) in [6.07, 6.45) is 0. The molecule has 0 radical (unpaired) electrons. The number of hydrogen-bond donors (Lipinski definition) is 1. The molecule has 0 saturated carbocycles. The molecule has 27 heavy (non-hydrogen) atoms. The first-order valence-corrected chi connectivity index (χ1v) is 9.18. The molecule has 2 aromatic carbocycles. The number of aromatic nitrogens is 1. The number of nitrogens with one attached hydrogen (secondary N) is 1. The van der Waals surface area contributed by atoms with E-state index >= 15 is 0 Å². The third-order valence-corrected chi connectivity index (χ3v) is 5.60. The molecule has 6 nitrogen and oxygen atoms in total. The molecule has 1 heterocycles. The first-order valence-electron chi connectivity index (χ1n) is 7.55. The maximum Gasteiger partial charge on any atom is 0.389 e. The van der Waals surface area contributed by atoms with Crippen molar-refractivity contribution in [3.05, 3.63) is 80.9 Å². The highest BCUT2D eigenvalue weighted by Crippen LogP contribution is 2.40. The zero-order valence-corrected chi connectivity index (χ0v) is 15.2. The maximum absolute atomic E-state index is 13.8. The van der Waals surface area contributed by atoms with Gasteiger partial charge in [-0.05, 0) is 27.6 Å². The lowest BCUT2D eigenvalue weighted by molar-refractivity contribution is -0.391. The molecule has 0 aliphatic heterocycles. The van der Waals surface area contributed by atoms with Crippen molar-refractivity contribution in [2.75, 3.05) is 0 Å². The first kappa shape index (κ1) is 18.9. The van der Waals surface area contributed by atoms with E-state index < -0.39 is 28.3 Å². The van der Waals surface area contributed by atoms with Crippen molar-refractivity contribution in [2.24, 2.45) is 0 Å². The van der Waals surface area contributed by atoms with Crippen LogP contribution in [0, 0.1) is 21.7 Å². The van der Waals surface area contributed by atoms with Gasteiger partial charge < -0.3 is 15.4 Å². The Morgan fingerprint density at radius 1 is 1.19 bits per heavy atom. The second-order valence-corrected chi connectivity index (χ2v) is 7.52. The minimum absolute atomic E-state index is 0.00522. The van der Waals surface area contributed by atoms with Gasteiger partial charge in [0, 0.05) is 6.54 Å². The lowest BCUT2D eigenvalue weighted by Crippen LogP contribution is -2.22. The van der Waals surface area contributed by atoms with Gasteiger partial charge in [-0.15, -0.1) is 0 Å². The second-order valence-electron chi connectivity index (χ2n) is 5.21. The molecule has 1 N–H and O–H groups in total. The van der Waals surface area contributed by atoms with Crippen molar-refractivity contribution in [1.29, 1.82) is 0 Å². The number of amides is 1.